The van der Waals surface area contributed by atoms with Crippen LogP contribution in [0.2, 0.25) is 0 Å². The second kappa shape index (κ2) is 9.79. The molecule has 206 valence electrons. The minimum atomic E-state index is 0.658. The molecule has 0 aliphatic heterocycles. The zero-order valence-electron chi connectivity index (χ0n) is 23.8. The van der Waals surface area contributed by atoms with Crippen LogP contribution >= 0.6 is 0 Å². The highest BCUT2D eigenvalue weighted by Crippen LogP contribution is 2.38. The van der Waals surface area contributed by atoms with E-state index in [4.69, 9.17) is 9.97 Å². The number of para-hydroxylation sites is 2. The second-order valence-electron chi connectivity index (χ2n) is 11.1. The van der Waals surface area contributed by atoms with Gasteiger partial charge in [-0.1, -0.05) is 109 Å². The first-order valence-electron chi connectivity index (χ1n) is 14.8. The van der Waals surface area contributed by atoms with E-state index in [9.17, 15) is 0 Å². The van der Waals surface area contributed by atoms with Crippen LogP contribution in [0, 0.1) is 0 Å². The first-order valence-corrected chi connectivity index (χ1v) is 14.8. The lowest BCUT2D eigenvalue weighted by Crippen LogP contribution is -2.04. The van der Waals surface area contributed by atoms with Crippen LogP contribution in [-0.2, 0) is 0 Å². The summed E-state index contributed by atoms with van der Waals surface area (Å²) >= 11 is 0. The van der Waals surface area contributed by atoms with E-state index in [2.05, 4.69) is 155 Å². The van der Waals surface area contributed by atoms with Crippen molar-refractivity contribution in [2.24, 2.45) is 0 Å². The molecule has 9 rings (SSSR count). The molecule has 0 aliphatic rings. The van der Waals surface area contributed by atoms with Gasteiger partial charge in [0.05, 0.1) is 27.9 Å². The van der Waals surface area contributed by atoms with Crippen LogP contribution in [0.5, 0.6) is 0 Å². The van der Waals surface area contributed by atoms with Crippen LogP contribution in [0.1, 0.15) is 0 Å². The minimum absolute atomic E-state index is 0.658. The Hall–Kier alpha value is -6.00. The Morgan fingerprint density at radius 1 is 0.432 bits per heavy atom. The Labute approximate surface area is 254 Å². The summed E-state index contributed by atoms with van der Waals surface area (Å²) in [7, 11) is 0. The van der Waals surface area contributed by atoms with E-state index in [0.29, 0.717) is 5.95 Å². The summed E-state index contributed by atoms with van der Waals surface area (Å²) in [5, 5.41) is 5.90. The number of nitrogens with zero attached hydrogens (tertiary/aromatic N) is 4. The van der Waals surface area contributed by atoms with Gasteiger partial charge in [-0.3, -0.25) is 4.57 Å². The van der Waals surface area contributed by atoms with E-state index in [1.165, 1.54) is 32.4 Å². The molecule has 0 saturated heterocycles. The first kappa shape index (κ1) is 24.6. The van der Waals surface area contributed by atoms with Crippen LogP contribution < -0.4 is 0 Å². The molecule has 0 atom stereocenters. The predicted molar refractivity (Wildman–Crippen MR) is 182 cm³/mol. The molecule has 4 nitrogen and oxygen atoms in total. The maximum Gasteiger partial charge on any atom is 0.235 e. The zero-order chi connectivity index (χ0) is 29.0. The van der Waals surface area contributed by atoms with Crippen molar-refractivity contribution in [3.05, 3.63) is 158 Å². The van der Waals surface area contributed by atoms with Gasteiger partial charge in [0.15, 0.2) is 0 Å². The monoisotopic (exact) mass is 562 g/mol. The fraction of sp³-hybridized carbons (Fsp3) is 0. The Morgan fingerprint density at radius 2 is 1.07 bits per heavy atom. The average molecular weight is 563 g/mol. The molecule has 44 heavy (non-hydrogen) atoms. The molecular weight excluding hydrogens is 536 g/mol. The normalized spacial score (nSPS) is 11.6. The molecular formula is C40H26N4. The Balaban J connectivity index is 1.37. The van der Waals surface area contributed by atoms with Crippen molar-refractivity contribution < 1.29 is 0 Å². The number of fused-ring (bicyclic) bond motifs is 6. The fourth-order valence-electron chi connectivity index (χ4n) is 6.48. The average Bonchev–Trinajstić information content (AvgIpc) is 3.67. The van der Waals surface area contributed by atoms with Crippen molar-refractivity contribution in [3.63, 3.8) is 0 Å². The number of hydrogen-bond donors (Lipinski definition) is 0. The molecule has 0 spiro atoms. The molecule has 0 fully saturated rings. The highest BCUT2D eigenvalue weighted by molar-refractivity contribution is 6.20. The minimum Gasteiger partial charge on any atom is -0.317 e. The van der Waals surface area contributed by atoms with Crippen LogP contribution in [0.4, 0.5) is 0 Å². The summed E-state index contributed by atoms with van der Waals surface area (Å²) in [5.74, 6) is 0.658. The summed E-state index contributed by atoms with van der Waals surface area (Å²) < 4.78 is 4.51. The molecule has 9 aromatic rings. The summed E-state index contributed by atoms with van der Waals surface area (Å²) in [6.45, 7) is 0. The second-order valence-corrected chi connectivity index (χ2v) is 11.1. The molecule has 3 heterocycles. The van der Waals surface area contributed by atoms with E-state index in [1.807, 2.05) is 12.1 Å². The highest BCUT2D eigenvalue weighted by Gasteiger charge is 2.19. The van der Waals surface area contributed by atoms with E-state index >= 15 is 0 Å². The van der Waals surface area contributed by atoms with Crippen LogP contribution in [0.15, 0.2) is 158 Å². The van der Waals surface area contributed by atoms with E-state index in [-0.39, 0.29) is 0 Å². The lowest BCUT2D eigenvalue weighted by Gasteiger charge is -2.13. The molecule has 3 aromatic heterocycles. The third kappa shape index (κ3) is 3.85. The van der Waals surface area contributed by atoms with Gasteiger partial charge in [0.1, 0.15) is 0 Å². The number of aromatic nitrogens is 4. The summed E-state index contributed by atoms with van der Waals surface area (Å²) in [6, 6.07) is 53.2. The van der Waals surface area contributed by atoms with Gasteiger partial charge in [-0.25, -0.2) is 9.97 Å². The Bertz CT molecular complexity index is 2420. The van der Waals surface area contributed by atoms with Crippen molar-refractivity contribution in [2.45, 2.75) is 0 Å². The van der Waals surface area contributed by atoms with Crippen LogP contribution in [0.25, 0.3) is 77.6 Å². The van der Waals surface area contributed by atoms with Crippen LogP contribution in [-0.4, -0.2) is 19.1 Å². The summed E-state index contributed by atoms with van der Waals surface area (Å²) in [5.41, 5.74) is 8.43. The Kier molecular flexibility index (Phi) is 5.47. The summed E-state index contributed by atoms with van der Waals surface area (Å²) in [4.78, 5) is 10.5. The van der Waals surface area contributed by atoms with Gasteiger partial charge in [0.2, 0.25) is 5.95 Å². The SMILES string of the molecule is c1ccc(-c2cc(-c3ccccc3)nc(-n3c4ccccc4c4ccc5cc6c(ccn6-c6ccccc6)cc5c43)n2)cc1. The van der Waals surface area contributed by atoms with Crippen molar-refractivity contribution in [1.29, 1.82) is 0 Å². The molecule has 0 unspecified atom stereocenters. The van der Waals surface area contributed by atoms with Crippen molar-refractivity contribution >= 4 is 43.5 Å². The van der Waals surface area contributed by atoms with E-state index < -0.39 is 0 Å². The molecule has 0 aliphatic carbocycles. The molecule has 0 saturated carbocycles. The topological polar surface area (TPSA) is 35.6 Å². The van der Waals surface area contributed by atoms with Crippen molar-refractivity contribution in [3.8, 4) is 34.2 Å². The largest absolute Gasteiger partial charge is 0.317 e. The third-order valence-corrected chi connectivity index (χ3v) is 8.55. The lowest BCUT2D eigenvalue weighted by molar-refractivity contribution is 0.998. The third-order valence-electron chi connectivity index (χ3n) is 8.55. The van der Waals surface area contributed by atoms with Crippen molar-refractivity contribution in [2.75, 3.05) is 0 Å². The molecule has 0 amide bonds. The smallest absolute Gasteiger partial charge is 0.235 e. The molecule has 0 bridgehead atoms. The van der Waals surface area contributed by atoms with Gasteiger partial charge >= 0.3 is 0 Å². The van der Waals surface area contributed by atoms with Gasteiger partial charge in [-0.2, -0.15) is 0 Å². The first-order chi connectivity index (χ1) is 21.8. The maximum atomic E-state index is 5.23. The van der Waals surface area contributed by atoms with Crippen LogP contribution in [0.3, 0.4) is 0 Å². The highest BCUT2D eigenvalue weighted by atomic mass is 15.2. The standard InChI is InChI=1S/C40H26N4/c1-4-12-27(13-5-1)35-26-36(28-14-6-2-7-15-28)42-40(41-35)44-37-19-11-10-18-32(37)33-21-20-29-25-38-30(24-34(29)39(33)44)22-23-43(38)31-16-8-3-9-17-31/h1-26H. The van der Waals surface area contributed by atoms with Gasteiger partial charge in [0, 0.05) is 44.6 Å². The maximum absolute atomic E-state index is 5.23. The van der Waals surface area contributed by atoms with Gasteiger partial charge in [0.25, 0.3) is 0 Å². The number of benzene rings is 6. The molecule has 4 heteroatoms. The summed E-state index contributed by atoms with van der Waals surface area (Å²) in [6.07, 6.45) is 2.16. The number of hydrogen-bond acceptors (Lipinski definition) is 2. The van der Waals surface area contributed by atoms with Gasteiger partial charge in [-0.05, 0) is 47.9 Å². The quantitative estimate of drug-likeness (QED) is 0.214. The van der Waals surface area contributed by atoms with E-state index in [1.54, 1.807) is 0 Å². The van der Waals surface area contributed by atoms with Crippen molar-refractivity contribution in [1.82, 2.24) is 19.1 Å². The molecule has 0 N–H and O–H groups in total. The predicted octanol–water partition coefficient (Wildman–Crippen LogP) is 10.0. The molecule has 0 radical (unpaired) electrons. The fourth-order valence-corrected chi connectivity index (χ4v) is 6.48. The Morgan fingerprint density at radius 3 is 1.77 bits per heavy atom. The number of rotatable bonds is 4. The van der Waals surface area contributed by atoms with Gasteiger partial charge < -0.3 is 4.57 Å². The zero-order valence-corrected chi connectivity index (χ0v) is 23.8. The lowest BCUT2D eigenvalue weighted by atomic mass is 10.0. The molecule has 6 aromatic carbocycles. The van der Waals surface area contributed by atoms with Gasteiger partial charge in [-0.15, -0.1) is 0 Å². The van der Waals surface area contributed by atoms with E-state index in [0.717, 1.165) is 39.2 Å².